The lowest BCUT2D eigenvalue weighted by Crippen LogP contribution is -2.22. The van der Waals surface area contributed by atoms with E-state index < -0.39 is 0 Å². The van der Waals surface area contributed by atoms with E-state index in [1.807, 2.05) is 25.2 Å². The quantitative estimate of drug-likeness (QED) is 0.660. The summed E-state index contributed by atoms with van der Waals surface area (Å²) in [7, 11) is 5.28. The molecular formula is C14H21NO3. The lowest BCUT2D eigenvalue weighted by Gasteiger charge is -2.15. The normalized spacial score (nSPS) is 10.4. The van der Waals surface area contributed by atoms with Crippen molar-refractivity contribution in [1.82, 2.24) is 4.90 Å². The van der Waals surface area contributed by atoms with Gasteiger partial charge >= 0.3 is 0 Å². The fourth-order valence-corrected chi connectivity index (χ4v) is 1.74. The highest BCUT2D eigenvalue weighted by Gasteiger charge is 2.05. The highest BCUT2D eigenvalue weighted by molar-refractivity contribution is 5.49. The molecule has 100 valence electrons. The van der Waals surface area contributed by atoms with Gasteiger partial charge in [0, 0.05) is 19.5 Å². The molecule has 0 fully saturated rings. The summed E-state index contributed by atoms with van der Waals surface area (Å²) in [5, 5.41) is 0. The van der Waals surface area contributed by atoms with Gasteiger partial charge in [0.25, 0.3) is 0 Å². The lowest BCUT2D eigenvalue weighted by molar-refractivity contribution is -0.108. The van der Waals surface area contributed by atoms with E-state index in [1.54, 1.807) is 14.2 Å². The Morgan fingerprint density at radius 1 is 1.17 bits per heavy atom. The fraction of sp³-hybridized carbons (Fsp3) is 0.500. The van der Waals surface area contributed by atoms with Crippen LogP contribution in [0.5, 0.6) is 11.5 Å². The van der Waals surface area contributed by atoms with Crippen LogP contribution in [-0.4, -0.2) is 45.5 Å². The van der Waals surface area contributed by atoms with Crippen LogP contribution in [0.2, 0.25) is 0 Å². The van der Waals surface area contributed by atoms with Gasteiger partial charge in [-0.2, -0.15) is 0 Å². The van der Waals surface area contributed by atoms with Crippen molar-refractivity contribution in [2.24, 2.45) is 0 Å². The summed E-state index contributed by atoms with van der Waals surface area (Å²) in [4.78, 5) is 12.4. The maximum Gasteiger partial charge on any atom is 0.160 e. The van der Waals surface area contributed by atoms with Gasteiger partial charge in [-0.05, 0) is 31.2 Å². The molecule has 0 spiro atoms. The van der Waals surface area contributed by atoms with Crippen molar-refractivity contribution in [2.75, 3.05) is 34.4 Å². The standard InChI is InChI=1S/C14H21NO3/c1-15(8-4-10-16)9-7-12-5-6-13(17-2)14(11-12)18-3/h5-6,10-11H,4,7-9H2,1-3H3. The number of hydrogen-bond donors (Lipinski definition) is 0. The number of rotatable bonds is 8. The molecule has 18 heavy (non-hydrogen) atoms. The summed E-state index contributed by atoms with van der Waals surface area (Å²) in [6.45, 7) is 1.72. The van der Waals surface area contributed by atoms with Gasteiger partial charge in [0.1, 0.15) is 6.29 Å². The molecular weight excluding hydrogens is 230 g/mol. The number of carbonyl (C=O) groups excluding carboxylic acids is 1. The second kappa shape index (κ2) is 7.71. The van der Waals surface area contributed by atoms with E-state index in [0.717, 1.165) is 37.3 Å². The smallest absolute Gasteiger partial charge is 0.160 e. The van der Waals surface area contributed by atoms with Gasteiger partial charge < -0.3 is 19.2 Å². The molecule has 0 amide bonds. The van der Waals surface area contributed by atoms with Gasteiger partial charge in [0.2, 0.25) is 0 Å². The van der Waals surface area contributed by atoms with Crippen molar-refractivity contribution in [2.45, 2.75) is 12.8 Å². The topological polar surface area (TPSA) is 38.8 Å². The highest BCUT2D eigenvalue weighted by atomic mass is 16.5. The summed E-state index contributed by atoms with van der Waals surface area (Å²) in [6, 6.07) is 5.95. The Bertz CT molecular complexity index is 379. The molecule has 0 radical (unpaired) electrons. The van der Waals surface area contributed by atoms with Crippen molar-refractivity contribution in [3.8, 4) is 11.5 Å². The average molecular weight is 251 g/mol. The Morgan fingerprint density at radius 3 is 2.50 bits per heavy atom. The van der Waals surface area contributed by atoms with E-state index in [4.69, 9.17) is 9.47 Å². The molecule has 0 aliphatic rings. The minimum atomic E-state index is 0.586. The Kier molecular flexibility index (Phi) is 6.22. The van der Waals surface area contributed by atoms with Crippen molar-refractivity contribution in [1.29, 1.82) is 0 Å². The van der Waals surface area contributed by atoms with E-state index >= 15 is 0 Å². The molecule has 0 aliphatic heterocycles. The number of ether oxygens (including phenoxy) is 2. The summed E-state index contributed by atoms with van der Waals surface area (Å²) in [5.74, 6) is 1.50. The minimum Gasteiger partial charge on any atom is -0.493 e. The third-order valence-corrected chi connectivity index (χ3v) is 2.86. The van der Waals surface area contributed by atoms with Crippen molar-refractivity contribution < 1.29 is 14.3 Å². The van der Waals surface area contributed by atoms with E-state index in [0.29, 0.717) is 6.42 Å². The maximum absolute atomic E-state index is 10.3. The first-order valence-electron chi connectivity index (χ1n) is 6.04. The first-order chi connectivity index (χ1) is 8.71. The predicted octanol–water partition coefficient (Wildman–Crippen LogP) is 1.77. The zero-order valence-electron chi connectivity index (χ0n) is 11.3. The van der Waals surface area contributed by atoms with E-state index in [9.17, 15) is 4.79 Å². The van der Waals surface area contributed by atoms with Gasteiger partial charge in [-0.25, -0.2) is 0 Å². The maximum atomic E-state index is 10.3. The fourth-order valence-electron chi connectivity index (χ4n) is 1.74. The van der Waals surface area contributed by atoms with Crippen LogP contribution in [-0.2, 0) is 11.2 Å². The van der Waals surface area contributed by atoms with Crippen LogP contribution in [0.25, 0.3) is 0 Å². The van der Waals surface area contributed by atoms with Gasteiger partial charge in [0.15, 0.2) is 11.5 Å². The first kappa shape index (κ1) is 14.5. The van der Waals surface area contributed by atoms with Gasteiger partial charge in [-0.3, -0.25) is 0 Å². The van der Waals surface area contributed by atoms with Crippen LogP contribution in [0.1, 0.15) is 12.0 Å². The Labute approximate surface area is 108 Å². The van der Waals surface area contributed by atoms with Crippen molar-refractivity contribution >= 4 is 6.29 Å². The molecule has 0 saturated heterocycles. The average Bonchev–Trinajstić information content (AvgIpc) is 2.42. The second-order valence-corrected chi connectivity index (χ2v) is 4.20. The summed E-state index contributed by atoms with van der Waals surface area (Å²) in [5.41, 5.74) is 1.20. The van der Waals surface area contributed by atoms with E-state index in [1.165, 1.54) is 5.56 Å². The van der Waals surface area contributed by atoms with E-state index in [-0.39, 0.29) is 0 Å². The summed E-state index contributed by atoms with van der Waals surface area (Å²) in [6.07, 6.45) is 2.46. The molecule has 1 aromatic carbocycles. The molecule has 0 bridgehead atoms. The molecule has 4 nitrogen and oxygen atoms in total. The first-order valence-corrected chi connectivity index (χ1v) is 6.04. The number of benzene rings is 1. The number of aldehydes is 1. The zero-order chi connectivity index (χ0) is 13.4. The SMILES string of the molecule is COc1ccc(CCN(C)CCC=O)cc1OC. The molecule has 1 aromatic rings. The van der Waals surface area contributed by atoms with Crippen molar-refractivity contribution in [3.05, 3.63) is 23.8 Å². The highest BCUT2D eigenvalue weighted by Crippen LogP contribution is 2.27. The van der Waals surface area contributed by atoms with Crippen LogP contribution >= 0.6 is 0 Å². The number of hydrogen-bond acceptors (Lipinski definition) is 4. The molecule has 0 heterocycles. The molecule has 0 unspecified atom stereocenters. The number of nitrogens with zero attached hydrogens (tertiary/aromatic N) is 1. The van der Waals surface area contributed by atoms with Crippen LogP contribution < -0.4 is 9.47 Å². The van der Waals surface area contributed by atoms with Gasteiger partial charge in [-0.15, -0.1) is 0 Å². The predicted molar refractivity (Wildman–Crippen MR) is 71.4 cm³/mol. The van der Waals surface area contributed by atoms with Crippen LogP contribution in [0, 0.1) is 0 Å². The number of carbonyl (C=O) groups is 1. The van der Waals surface area contributed by atoms with Crippen LogP contribution in [0.4, 0.5) is 0 Å². The molecule has 0 aromatic heterocycles. The summed E-state index contributed by atoms with van der Waals surface area (Å²) < 4.78 is 10.5. The molecule has 4 heteroatoms. The lowest BCUT2D eigenvalue weighted by atomic mass is 10.1. The molecule has 0 aliphatic carbocycles. The molecule has 0 N–H and O–H groups in total. The second-order valence-electron chi connectivity index (χ2n) is 4.20. The van der Waals surface area contributed by atoms with E-state index in [2.05, 4.69) is 4.90 Å². The van der Waals surface area contributed by atoms with Gasteiger partial charge in [-0.1, -0.05) is 6.07 Å². The van der Waals surface area contributed by atoms with Crippen LogP contribution in [0.3, 0.4) is 0 Å². The Hall–Kier alpha value is -1.55. The third-order valence-electron chi connectivity index (χ3n) is 2.86. The van der Waals surface area contributed by atoms with Crippen LogP contribution in [0.15, 0.2) is 18.2 Å². The zero-order valence-corrected chi connectivity index (χ0v) is 11.3. The monoisotopic (exact) mass is 251 g/mol. The number of likely N-dealkylation sites (N-methyl/N-ethyl adjacent to an activating group) is 1. The Balaban J connectivity index is 2.54. The third kappa shape index (κ3) is 4.37. The van der Waals surface area contributed by atoms with Crippen molar-refractivity contribution in [3.63, 3.8) is 0 Å². The molecule has 0 saturated carbocycles. The number of methoxy groups -OCH3 is 2. The Morgan fingerprint density at radius 2 is 1.89 bits per heavy atom. The largest absolute Gasteiger partial charge is 0.493 e. The minimum absolute atomic E-state index is 0.586. The van der Waals surface area contributed by atoms with Gasteiger partial charge in [0.05, 0.1) is 14.2 Å². The molecule has 1 rings (SSSR count). The molecule has 0 atom stereocenters. The summed E-state index contributed by atoms with van der Waals surface area (Å²) >= 11 is 0.